The monoisotopic (exact) mass is 298 g/mol. The number of rotatable bonds is 3. The van der Waals surface area contributed by atoms with E-state index in [9.17, 15) is 0 Å². The summed E-state index contributed by atoms with van der Waals surface area (Å²) in [7, 11) is 5.24. The Balaban J connectivity index is 1.94. The molecule has 5 heteroatoms. The van der Waals surface area contributed by atoms with E-state index in [0.717, 1.165) is 22.8 Å². The minimum atomic E-state index is 0.519. The lowest BCUT2D eigenvalue weighted by Crippen LogP contribution is -2.27. The van der Waals surface area contributed by atoms with Gasteiger partial charge >= 0.3 is 0 Å². The van der Waals surface area contributed by atoms with Gasteiger partial charge in [0, 0.05) is 24.9 Å². The van der Waals surface area contributed by atoms with Crippen LogP contribution in [0.15, 0.2) is 42.3 Å². The zero-order valence-electron chi connectivity index (χ0n) is 12.9. The molecule has 2 aromatic rings. The van der Waals surface area contributed by atoms with Gasteiger partial charge in [0.05, 0.1) is 26.5 Å². The number of methoxy groups -OCH3 is 2. The van der Waals surface area contributed by atoms with Gasteiger partial charge in [-0.15, -0.1) is 0 Å². The standard InChI is InChI=1S/C17H18N2O3/c1-19-11-13(22-15-7-5-4-6-14(15)19)8-12-10-18-17(21-3)9-16(12)20-2/h4-10H,11H2,1-3H3/b13-8+. The maximum absolute atomic E-state index is 5.97. The fourth-order valence-electron chi connectivity index (χ4n) is 2.43. The fraction of sp³-hybridized carbons (Fsp3) is 0.235. The van der Waals surface area contributed by atoms with E-state index in [2.05, 4.69) is 9.88 Å². The molecule has 0 aliphatic carbocycles. The van der Waals surface area contributed by atoms with Crippen LogP contribution in [0.1, 0.15) is 5.56 Å². The maximum Gasteiger partial charge on any atom is 0.216 e. The SMILES string of the molecule is COc1cc(OC)c(/C=C2\CN(C)c3ccccc3O2)cn1. The number of pyridine rings is 1. The normalized spacial score (nSPS) is 15.2. The average molecular weight is 298 g/mol. The molecule has 3 rings (SSSR count). The van der Waals surface area contributed by atoms with Crippen LogP contribution in [0.4, 0.5) is 5.69 Å². The Morgan fingerprint density at radius 3 is 2.82 bits per heavy atom. The van der Waals surface area contributed by atoms with Crippen molar-refractivity contribution >= 4 is 11.8 Å². The Kier molecular flexibility index (Phi) is 3.87. The largest absolute Gasteiger partial charge is 0.496 e. The lowest BCUT2D eigenvalue weighted by molar-refractivity contribution is 0.381. The lowest BCUT2D eigenvalue weighted by Gasteiger charge is -2.29. The van der Waals surface area contributed by atoms with Crippen molar-refractivity contribution in [2.75, 3.05) is 32.7 Å². The molecule has 0 saturated heterocycles. The maximum atomic E-state index is 5.97. The van der Waals surface area contributed by atoms with E-state index >= 15 is 0 Å². The molecule has 2 heterocycles. The molecule has 0 radical (unpaired) electrons. The number of anilines is 1. The van der Waals surface area contributed by atoms with Crippen molar-refractivity contribution in [3.63, 3.8) is 0 Å². The predicted octanol–water partition coefficient (Wildman–Crippen LogP) is 2.97. The molecule has 0 atom stereocenters. The Hall–Kier alpha value is -2.69. The molecule has 114 valence electrons. The topological polar surface area (TPSA) is 43.8 Å². The quantitative estimate of drug-likeness (QED) is 0.871. The third-order valence-corrected chi connectivity index (χ3v) is 3.53. The second kappa shape index (κ2) is 5.97. The summed E-state index contributed by atoms with van der Waals surface area (Å²) in [6, 6.07) is 9.73. The second-order valence-corrected chi connectivity index (χ2v) is 5.01. The first-order valence-corrected chi connectivity index (χ1v) is 6.98. The van der Waals surface area contributed by atoms with Gasteiger partial charge in [-0.2, -0.15) is 0 Å². The van der Waals surface area contributed by atoms with E-state index in [-0.39, 0.29) is 0 Å². The number of benzene rings is 1. The highest BCUT2D eigenvalue weighted by atomic mass is 16.5. The molecule has 0 fully saturated rings. The van der Waals surface area contributed by atoms with E-state index in [1.54, 1.807) is 26.5 Å². The van der Waals surface area contributed by atoms with Gasteiger partial charge in [0.2, 0.25) is 5.88 Å². The van der Waals surface area contributed by atoms with E-state index in [1.165, 1.54) is 0 Å². The molecule has 1 aliphatic heterocycles. The van der Waals surface area contributed by atoms with Gasteiger partial charge in [0.25, 0.3) is 0 Å². The molecule has 5 nitrogen and oxygen atoms in total. The molecule has 0 saturated carbocycles. The number of aromatic nitrogens is 1. The van der Waals surface area contributed by atoms with Crippen LogP contribution in [0.5, 0.6) is 17.4 Å². The van der Waals surface area contributed by atoms with Crippen LogP contribution in [-0.4, -0.2) is 32.8 Å². The van der Waals surface area contributed by atoms with Gasteiger partial charge in [-0.05, 0) is 18.2 Å². The van der Waals surface area contributed by atoms with E-state index in [1.807, 2.05) is 37.4 Å². The van der Waals surface area contributed by atoms with E-state index in [0.29, 0.717) is 18.2 Å². The van der Waals surface area contributed by atoms with Gasteiger partial charge in [0.1, 0.15) is 17.3 Å². The first kappa shape index (κ1) is 14.3. The fourth-order valence-corrected chi connectivity index (χ4v) is 2.43. The summed E-state index contributed by atoms with van der Waals surface area (Å²) in [5.74, 6) is 2.91. The molecule has 1 aromatic heterocycles. The molecule has 0 N–H and O–H groups in total. The Labute approximate surface area is 129 Å². The molecular weight excluding hydrogens is 280 g/mol. The highest BCUT2D eigenvalue weighted by molar-refractivity contribution is 5.66. The average Bonchev–Trinajstić information content (AvgIpc) is 2.55. The third-order valence-electron chi connectivity index (χ3n) is 3.53. The molecule has 0 spiro atoms. The Bertz CT molecular complexity index is 713. The zero-order chi connectivity index (χ0) is 15.5. The summed E-state index contributed by atoms with van der Waals surface area (Å²) in [6.07, 6.45) is 3.66. The molecule has 1 aromatic carbocycles. The van der Waals surface area contributed by atoms with Crippen LogP contribution in [0.2, 0.25) is 0 Å². The van der Waals surface area contributed by atoms with Crippen molar-refractivity contribution in [3.05, 3.63) is 47.9 Å². The first-order valence-electron chi connectivity index (χ1n) is 6.98. The molecule has 1 aliphatic rings. The van der Waals surface area contributed by atoms with Crippen molar-refractivity contribution in [2.24, 2.45) is 0 Å². The van der Waals surface area contributed by atoms with Crippen molar-refractivity contribution < 1.29 is 14.2 Å². The zero-order valence-corrected chi connectivity index (χ0v) is 12.9. The summed E-state index contributed by atoms with van der Waals surface area (Å²) in [5.41, 5.74) is 1.94. The number of para-hydroxylation sites is 2. The minimum Gasteiger partial charge on any atom is -0.496 e. The van der Waals surface area contributed by atoms with Crippen LogP contribution in [0, 0.1) is 0 Å². The number of hydrogen-bond donors (Lipinski definition) is 0. The molecule has 0 amide bonds. The summed E-state index contributed by atoms with van der Waals surface area (Å²) in [6.45, 7) is 0.687. The summed E-state index contributed by atoms with van der Waals surface area (Å²) < 4.78 is 16.5. The summed E-state index contributed by atoms with van der Waals surface area (Å²) in [4.78, 5) is 6.37. The number of hydrogen-bond acceptors (Lipinski definition) is 5. The van der Waals surface area contributed by atoms with Crippen molar-refractivity contribution in [3.8, 4) is 17.4 Å². The second-order valence-electron chi connectivity index (χ2n) is 5.01. The molecular formula is C17H18N2O3. The van der Waals surface area contributed by atoms with Gasteiger partial charge in [-0.1, -0.05) is 12.1 Å². The van der Waals surface area contributed by atoms with Crippen molar-refractivity contribution in [1.82, 2.24) is 4.98 Å². The number of nitrogens with zero attached hydrogens (tertiary/aromatic N) is 2. The van der Waals surface area contributed by atoms with Crippen molar-refractivity contribution in [2.45, 2.75) is 0 Å². The van der Waals surface area contributed by atoms with Gasteiger partial charge in [-0.3, -0.25) is 0 Å². The van der Waals surface area contributed by atoms with Crippen LogP contribution < -0.4 is 19.1 Å². The van der Waals surface area contributed by atoms with Gasteiger partial charge in [0.15, 0.2) is 0 Å². The van der Waals surface area contributed by atoms with E-state index < -0.39 is 0 Å². The number of likely N-dealkylation sites (N-methyl/N-ethyl adjacent to an activating group) is 1. The third kappa shape index (κ3) is 2.70. The summed E-state index contributed by atoms with van der Waals surface area (Å²) in [5, 5.41) is 0. The van der Waals surface area contributed by atoms with Crippen LogP contribution in [0.3, 0.4) is 0 Å². The first-order chi connectivity index (χ1) is 10.7. The summed E-state index contributed by atoms with van der Waals surface area (Å²) >= 11 is 0. The minimum absolute atomic E-state index is 0.519. The van der Waals surface area contributed by atoms with E-state index in [4.69, 9.17) is 14.2 Å². The predicted molar refractivity (Wildman–Crippen MR) is 85.7 cm³/mol. The molecule has 0 bridgehead atoms. The highest BCUT2D eigenvalue weighted by Crippen LogP contribution is 2.34. The molecule has 0 unspecified atom stereocenters. The number of ether oxygens (including phenoxy) is 3. The van der Waals surface area contributed by atoms with Crippen LogP contribution in [0.25, 0.3) is 6.08 Å². The van der Waals surface area contributed by atoms with Crippen LogP contribution >= 0.6 is 0 Å². The van der Waals surface area contributed by atoms with Gasteiger partial charge < -0.3 is 19.1 Å². The highest BCUT2D eigenvalue weighted by Gasteiger charge is 2.18. The smallest absolute Gasteiger partial charge is 0.216 e. The van der Waals surface area contributed by atoms with Gasteiger partial charge in [-0.25, -0.2) is 4.98 Å². The lowest BCUT2D eigenvalue weighted by atomic mass is 10.2. The Morgan fingerprint density at radius 2 is 2.05 bits per heavy atom. The Morgan fingerprint density at radius 1 is 1.23 bits per heavy atom. The van der Waals surface area contributed by atoms with Crippen molar-refractivity contribution in [1.29, 1.82) is 0 Å². The molecule has 22 heavy (non-hydrogen) atoms. The van der Waals surface area contributed by atoms with Crippen LogP contribution in [-0.2, 0) is 0 Å². The number of fused-ring (bicyclic) bond motifs is 1.